The van der Waals surface area contributed by atoms with Gasteiger partial charge in [-0.15, -0.1) is 11.3 Å². The van der Waals surface area contributed by atoms with E-state index in [1.807, 2.05) is 11.3 Å². The second-order valence-corrected chi connectivity index (χ2v) is 19.7. The van der Waals surface area contributed by atoms with Gasteiger partial charge in [-0.05, 0) is 160 Å². The molecule has 0 radical (unpaired) electrons. The summed E-state index contributed by atoms with van der Waals surface area (Å²) in [6, 6.07) is 72.6. The van der Waals surface area contributed by atoms with Crippen LogP contribution in [0, 0.1) is 5.92 Å². The zero-order valence-electron chi connectivity index (χ0n) is 37.3. The molecular formula is C64H53NS. The van der Waals surface area contributed by atoms with Crippen LogP contribution >= 0.6 is 11.3 Å². The first kappa shape index (κ1) is 40.5. The molecule has 0 spiro atoms. The maximum Gasteiger partial charge on any atom is 0.0468 e. The summed E-state index contributed by atoms with van der Waals surface area (Å²) in [5.41, 5.74) is 17.8. The van der Waals surface area contributed by atoms with Crippen LogP contribution in [0.3, 0.4) is 0 Å². The fraction of sp³-hybridized carbons (Fsp3) is 0.156. The summed E-state index contributed by atoms with van der Waals surface area (Å²) in [6.07, 6.45) is 18.9. The highest BCUT2D eigenvalue weighted by molar-refractivity contribution is 7.25. The number of rotatable bonds is 8. The van der Waals surface area contributed by atoms with Crippen molar-refractivity contribution >= 4 is 54.1 Å². The molecule has 0 N–H and O–H groups in total. The van der Waals surface area contributed by atoms with Gasteiger partial charge in [-0.25, -0.2) is 0 Å². The van der Waals surface area contributed by atoms with Crippen molar-refractivity contribution in [2.45, 2.75) is 56.3 Å². The quantitative estimate of drug-likeness (QED) is 0.147. The predicted octanol–water partition coefficient (Wildman–Crippen LogP) is 17.7. The lowest BCUT2D eigenvalue weighted by Gasteiger charge is -2.37. The normalized spacial score (nSPS) is 18.9. The van der Waals surface area contributed by atoms with Gasteiger partial charge < -0.3 is 4.90 Å². The van der Waals surface area contributed by atoms with Crippen molar-refractivity contribution in [1.29, 1.82) is 0 Å². The minimum absolute atomic E-state index is 0.341. The summed E-state index contributed by atoms with van der Waals surface area (Å²) in [4.78, 5) is 2.44. The van der Waals surface area contributed by atoms with Gasteiger partial charge in [0.1, 0.15) is 0 Å². The fourth-order valence-corrected chi connectivity index (χ4v) is 12.6. The Kier molecular flexibility index (Phi) is 10.9. The number of allylic oxidation sites excluding steroid dienone is 5. The average molecular weight is 868 g/mol. The minimum atomic E-state index is 0.341. The first-order valence-electron chi connectivity index (χ1n) is 24.0. The molecule has 12 rings (SSSR count). The van der Waals surface area contributed by atoms with E-state index in [0.717, 1.165) is 44.2 Å². The van der Waals surface area contributed by atoms with Gasteiger partial charge in [0.2, 0.25) is 0 Å². The lowest BCUT2D eigenvalue weighted by Crippen LogP contribution is -2.23. The van der Waals surface area contributed by atoms with Crippen molar-refractivity contribution in [2.24, 2.45) is 5.92 Å². The number of hydrogen-bond acceptors (Lipinski definition) is 2. The molecule has 2 heteroatoms. The molecular weight excluding hydrogens is 815 g/mol. The largest absolute Gasteiger partial charge is 0.310 e. The Bertz CT molecular complexity index is 3250. The van der Waals surface area contributed by atoms with E-state index in [1.54, 1.807) is 16.7 Å². The molecule has 3 aliphatic rings. The first-order valence-corrected chi connectivity index (χ1v) is 24.8. The van der Waals surface area contributed by atoms with E-state index >= 15 is 0 Å². The molecule has 4 unspecified atom stereocenters. The van der Waals surface area contributed by atoms with Crippen molar-refractivity contribution in [1.82, 2.24) is 0 Å². The zero-order chi connectivity index (χ0) is 43.8. The molecule has 9 aromatic rings. The second-order valence-electron chi connectivity index (χ2n) is 18.6. The Morgan fingerprint density at radius 2 is 1.17 bits per heavy atom. The van der Waals surface area contributed by atoms with Crippen molar-refractivity contribution in [3.05, 3.63) is 263 Å². The van der Waals surface area contributed by atoms with Crippen LogP contribution in [0.25, 0.3) is 36.9 Å². The van der Waals surface area contributed by atoms with Crippen LogP contribution in [-0.4, -0.2) is 0 Å². The van der Waals surface area contributed by atoms with Gasteiger partial charge in [0, 0.05) is 43.2 Å². The van der Waals surface area contributed by atoms with Crippen molar-refractivity contribution in [2.75, 3.05) is 4.90 Å². The summed E-state index contributed by atoms with van der Waals surface area (Å²) >= 11 is 1.87. The van der Waals surface area contributed by atoms with E-state index in [4.69, 9.17) is 0 Å². The summed E-state index contributed by atoms with van der Waals surface area (Å²) in [7, 11) is 0. The summed E-state index contributed by atoms with van der Waals surface area (Å²) in [5.74, 6) is 1.66. The number of thiophene rings is 1. The van der Waals surface area contributed by atoms with E-state index in [9.17, 15) is 0 Å². The topological polar surface area (TPSA) is 3.24 Å². The maximum absolute atomic E-state index is 2.54. The van der Waals surface area contributed by atoms with Gasteiger partial charge in [-0.3, -0.25) is 0 Å². The third-order valence-corrected chi connectivity index (χ3v) is 15.9. The number of fused-ring (bicyclic) bond motifs is 8. The molecule has 0 fully saturated rings. The van der Waals surface area contributed by atoms with Crippen LogP contribution < -0.4 is 4.90 Å². The number of nitrogens with zero attached hydrogens (tertiary/aromatic N) is 1. The van der Waals surface area contributed by atoms with Crippen LogP contribution in [0.15, 0.2) is 225 Å². The van der Waals surface area contributed by atoms with Gasteiger partial charge >= 0.3 is 0 Å². The summed E-state index contributed by atoms with van der Waals surface area (Å²) in [5, 5.41) is 2.63. The summed E-state index contributed by atoms with van der Waals surface area (Å²) in [6.45, 7) is 0. The summed E-state index contributed by atoms with van der Waals surface area (Å²) < 4.78 is 2.65. The molecule has 66 heavy (non-hydrogen) atoms. The van der Waals surface area contributed by atoms with Gasteiger partial charge in [0.15, 0.2) is 0 Å². The monoisotopic (exact) mass is 867 g/mol. The smallest absolute Gasteiger partial charge is 0.0468 e. The zero-order valence-corrected chi connectivity index (χ0v) is 38.1. The highest BCUT2D eigenvalue weighted by Crippen LogP contribution is 2.50. The third-order valence-electron chi connectivity index (χ3n) is 14.7. The molecule has 1 nitrogen and oxygen atoms in total. The fourth-order valence-electron chi connectivity index (χ4n) is 11.5. The lowest BCUT2D eigenvalue weighted by atomic mass is 9.67. The standard InChI is InChI=1S/C64H53NS/c1-4-15-44(16-5-1)41-52-22-14-25-56(48-19-8-3-9-20-48)59-39-33-49-27-28-50(42-51-21-10-11-23-57(51)63(49)64(52)59)47-31-36-54(37-32-47)65(53-34-29-46(30-35-53)45-17-6-2-7-18-45)55-38-40-62-60(43-55)58-24-12-13-26-61(58)66-62/h1-13,15-21,23-26,29-40,43,50-52,57H,14,22,27-28,41-42H2. The van der Waals surface area contributed by atoms with Crippen LogP contribution in [-0.2, 0) is 12.8 Å². The Balaban J connectivity index is 0.909. The molecule has 3 aliphatic carbocycles. The molecule has 0 amide bonds. The van der Waals surface area contributed by atoms with Gasteiger partial charge in [-0.1, -0.05) is 176 Å². The number of aryl methyl sites for hydroxylation is 1. The first-order chi connectivity index (χ1) is 32.7. The van der Waals surface area contributed by atoms with E-state index < -0.39 is 0 Å². The van der Waals surface area contributed by atoms with Crippen LogP contribution in [0.5, 0.6) is 0 Å². The Hall–Kier alpha value is -7.00. The van der Waals surface area contributed by atoms with E-state index in [-0.39, 0.29) is 0 Å². The van der Waals surface area contributed by atoms with Gasteiger partial charge in [-0.2, -0.15) is 0 Å². The van der Waals surface area contributed by atoms with Crippen LogP contribution in [0.4, 0.5) is 17.1 Å². The molecule has 0 saturated heterocycles. The Morgan fingerprint density at radius 3 is 1.95 bits per heavy atom. The molecule has 0 saturated carbocycles. The molecule has 1 aromatic heterocycles. The number of anilines is 3. The van der Waals surface area contributed by atoms with Crippen molar-refractivity contribution < 1.29 is 0 Å². The molecule has 8 aromatic carbocycles. The van der Waals surface area contributed by atoms with Gasteiger partial charge in [0.25, 0.3) is 0 Å². The SMILES string of the molecule is C1=CC2CC(c3ccc(N(c4ccc(-c5ccccc5)cc4)c4ccc5sc6ccccc6c5c4)cc3)CCc3ccc4c(c3C2C=C1)C(Cc1ccccc1)CCC=C4c1ccccc1. The lowest BCUT2D eigenvalue weighted by molar-refractivity contribution is 0.431. The predicted molar refractivity (Wildman–Crippen MR) is 282 cm³/mol. The van der Waals surface area contributed by atoms with E-state index in [1.165, 1.54) is 70.5 Å². The van der Waals surface area contributed by atoms with Gasteiger partial charge in [0.05, 0.1) is 0 Å². The molecule has 4 atom stereocenters. The molecule has 0 aliphatic heterocycles. The average Bonchev–Trinajstić information content (AvgIpc) is 3.65. The number of benzene rings is 8. The molecule has 320 valence electrons. The van der Waals surface area contributed by atoms with E-state index in [2.05, 4.69) is 229 Å². The third kappa shape index (κ3) is 7.74. The molecule has 0 bridgehead atoms. The van der Waals surface area contributed by atoms with Crippen molar-refractivity contribution in [3.8, 4) is 11.1 Å². The Labute approximate surface area is 393 Å². The second kappa shape index (κ2) is 17.8. The minimum Gasteiger partial charge on any atom is -0.310 e. The van der Waals surface area contributed by atoms with Crippen LogP contribution in [0.1, 0.15) is 82.4 Å². The highest BCUT2D eigenvalue weighted by atomic mass is 32.1. The number of hydrogen-bond donors (Lipinski definition) is 0. The highest BCUT2D eigenvalue weighted by Gasteiger charge is 2.35. The Morgan fingerprint density at radius 1 is 0.515 bits per heavy atom. The van der Waals surface area contributed by atoms with E-state index in [0.29, 0.717) is 23.7 Å². The molecule has 1 heterocycles. The maximum atomic E-state index is 2.54. The van der Waals surface area contributed by atoms with Crippen LogP contribution in [0.2, 0.25) is 0 Å². The van der Waals surface area contributed by atoms with Crippen molar-refractivity contribution in [3.63, 3.8) is 0 Å².